The summed E-state index contributed by atoms with van der Waals surface area (Å²) in [4.78, 5) is 19.7. The van der Waals surface area contributed by atoms with E-state index in [2.05, 4.69) is 17.2 Å². The quantitative estimate of drug-likeness (QED) is 0.944. The fraction of sp³-hybridized carbons (Fsp3) is 0.444. The fourth-order valence-corrected chi connectivity index (χ4v) is 3.17. The first-order valence-electron chi connectivity index (χ1n) is 8.08. The lowest BCUT2D eigenvalue weighted by Gasteiger charge is -2.28. The van der Waals surface area contributed by atoms with Gasteiger partial charge in [-0.05, 0) is 38.4 Å². The monoisotopic (exact) mass is 297 g/mol. The van der Waals surface area contributed by atoms with Gasteiger partial charge < -0.3 is 10.2 Å². The van der Waals surface area contributed by atoms with E-state index in [9.17, 15) is 4.79 Å². The topological polar surface area (TPSA) is 45.2 Å². The van der Waals surface area contributed by atoms with E-state index >= 15 is 0 Å². The number of para-hydroxylation sites is 1. The second-order valence-corrected chi connectivity index (χ2v) is 5.98. The summed E-state index contributed by atoms with van der Waals surface area (Å²) in [5.41, 5.74) is 2.48. The van der Waals surface area contributed by atoms with Gasteiger partial charge in [0.1, 0.15) is 0 Å². The third-order valence-electron chi connectivity index (χ3n) is 4.29. The van der Waals surface area contributed by atoms with Crippen LogP contribution in [0.1, 0.15) is 35.8 Å². The second kappa shape index (κ2) is 6.44. The van der Waals surface area contributed by atoms with Gasteiger partial charge in [0, 0.05) is 30.2 Å². The number of benzene rings is 1. The molecule has 116 valence electrons. The van der Waals surface area contributed by atoms with Crippen LogP contribution in [0.2, 0.25) is 0 Å². The molecule has 1 saturated heterocycles. The smallest absolute Gasteiger partial charge is 0.256 e. The molecular weight excluding hydrogens is 274 g/mol. The van der Waals surface area contributed by atoms with E-state index in [1.165, 1.54) is 0 Å². The van der Waals surface area contributed by atoms with Gasteiger partial charge in [-0.2, -0.15) is 0 Å². The molecule has 0 radical (unpaired) electrons. The van der Waals surface area contributed by atoms with Crippen LogP contribution in [0.25, 0.3) is 10.9 Å². The third-order valence-corrected chi connectivity index (χ3v) is 4.29. The Morgan fingerprint density at radius 2 is 2.23 bits per heavy atom. The first-order chi connectivity index (χ1) is 10.7. The van der Waals surface area contributed by atoms with Gasteiger partial charge in [0.05, 0.1) is 11.1 Å². The number of carbonyl (C=O) groups is 1. The van der Waals surface area contributed by atoms with E-state index < -0.39 is 0 Å². The molecule has 1 atom stereocenters. The van der Waals surface area contributed by atoms with Crippen molar-refractivity contribution in [2.75, 3.05) is 19.6 Å². The highest BCUT2D eigenvalue weighted by atomic mass is 16.2. The van der Waals surface area contributed by atoms with Gasteiger partial charge in [0.25, 0.3) is 5.91 Å². The van der Waals surface area contributed by atoms with E-state index in [-0.39, 0.29) is 5.91 Å². The van der Waals surface area contributed by atoms with Crippen molar-refractivity contribution in [2.24, 2.45) is 0 Å². The molecule has 1 aromatic heterocycles. The molecule has 4 nitrogen and oxygen atoms in total. The Bertz CT molecular complexity index is 677. The van der Waals surface area contributed by atoms with Gasteiger partial charge in [-0.15, -0.1) is 0 Å². The highest BCUT2D eigenvalue weighted by Gasteiger charge is 2.27. The first kappa shape index (κ1) is 15.0. The van der Waals surface area contributed by atoms with Gasteiger partial charge in [0.2, 0.25) is 0 Å². The molecule has 1 amide bonds. The number of nitrogens with one attached hydrogen (secondary N) is 1. The van der Waals surface area contributed by atoms with Crippen LogP contribution in [0.15, 0.2) is 30.3 Å². The van der Waals surface area contributed by atoms with Gasteiger partial charge >= 0.3 is 0 Å². The second-order valence-electron chi connectivity index (χ2n) is 5.98. The molecule has 0 bridgehead atoms. The lowest BCUT2D eigenvalue weighted by atomic mass is 10.1. The van der Waals surface area contributed by atoms with Crippen molar-refractivity contribution >= 4 is 16.8 Å². The van der Waals surface area contributed by atoms with E-state index in [0.29, 0.717) is 6.04 Å². The van der Waals surface area contributed by atoms with Crippen LogP contribution in [0.4, 0.5) is 0 Å². The van der Waals surface area contributed by atoms with Gasteiger partial charge in [0.15, 0.2) is 0 Å². The van der Waals surface area contributed by atoms with Crippen molar-refractivity contribution in [1.82, 2.24) is 15.2 Å². The molecule has 22 heavy (non-hydrogen) atoms. The zero-order chi connectivity index (χ0) is 15.5. The zero-order valence-corrected chi connectivity index (χ0v) is 13.3. The Labute approximate surface area is 131 Å². The average molecular weight is 297 g/mol. The third kappa shape index (κ3) is 2.83. The van der Waals surface area contributed by atoms with Crippen molar-refractivity contribution in [3.8, 4) is 0 Å². The van der Waals surface area contributed by atoms with Crippen LogP contribution in [0, 0.1) is 6.92 Å². The zero-order valence-electron chi connectivity index (χ0n) is 13.3. The van der Waals surface area contributed by atoms with E-state index in [1.54, 1.807) is 0 Å². The standard InChI is InChI=1S/C18H23N3O/c1-3-11-21(15-9-10-19-12-15)18(22)16-6-4-5-14-8-7-13(2)20-17(14)16/h4-8,15,19H,3,9-12H2,1-2H3. The molecule has 2 aromatic rings. The summed E-state index contributed by atoms with van der Waals surface area (Å²) in [6.45, 7) is 6.76. The van der Waals surface area contributed by atoms with E-state index in [4.69, 9.17) is 0 Å². The largest absolute Gasteiger partial charge is 0.334 e. The van der Waals surface area contributed by atoms with Crippen LogP contribution >= 0.6 is 0 Å². The SMILES string of the molecule is CCCN(C(=O)c1cccc2ccc(C)nc12)C1CCNC1. The van der Waals surface area contributed by atoms with Crippen molar-refractivity contribution in [3.05, 3.63) is 41.6 Å². The molecule has 2 heterocycles. The maximum absolute atomic E-state index is 13.1. The summed E-state index contributed by atoms with van der Waals surface area (Å²) in [6, 6.07) is 10.2. The van der Waals surface area contributed by atoms with Crippen LogP contribution in [-0.2, 0) is 0 Å². The molecule has 1 aliphatic heterocycles. The van der Waals surface area contributed by atoms with Crippen LogP contribution in [0.3, 0.4) is 0 Å². The summed E-state index contributed by atoms with van der Waals surface area (Å²) in [7, 11) is 0. The van der Waals surface area contributed by atoms with Crippen molar-refractivity contribution in [2.45, 2.75) is 32.7 Å². The van der Waals surface area contributed by atoms with Crippen LogP contribution in [0.5, 0.6) is 0 Å². The highest BCUT2D eigenvalue weighted by Crippen LogP contribution is 2.21. The maximum Gasteiger partial charge on any atom is 0.256 e. The normalized spacial score (nSPS) is 17.8. The Kier molecular flexibility index (Phi) is 4.39. The molecular formula is C18H23N3O. The summed E-state index contributed by atoms with van der Waals surface area (Å²) < 4.78 is 0. The summed E-state index contributed by atoms with van der Waals surface area (Å²) in [5.74, 6) is 0.110. The number of carbonyl (C=O) groups excluding carboxylic acids is 1. The average Bonchev–Trinajstić information content (AvgIpc) is 3.05. The number of aryl methyl sites for hydroxylation is 1. The number of hydrogen-bond donors (Lipinski definition) is 1. The summed E-state index contributed by atoms with van der Waals surface area (Å²) >= 11 is 0. The molecule has 0 saturated carbocycles. The molecule has 1 N–H and O–H groups in total. The Balaban J connectivity index is 2.00. The predicted molar refractivity (Wildman–Crippen MR) is 89.1 cm³/mol. The lowest BCUT2D eigenvalue weighted by molar-refractivity contribution is 0.0694. The van der Waals surface area contributed by atoms with Gasteiger partial charge in [-0.25, -0.2) is 0 Å². The van der Waals surface area contributed by atoms with Crippen molar-refractivity contribution in [3.63, 3.8) is 0 Å². The van der Waals surface area contributed by atoms with Crippen molar-refractivity contribution in [1.29, 1.82) is 0 Å². The Morgan fingerprint density at radius 1 is 1.36 bits per heavy atom. The number of fused-ring (bicyclic) bond motifs is 1. The van der Waals surface area contributed by atoms with Crippen molar-refractivity contribution < 1.29 is 4.79 Å². The Hall–Kier alpha value is -1.94. The van der Waals surface area contributed by atoms with Crippen LogP contribution in [-0.4, -0.2) is 41.5 Å². The molecule has 0 aliphatic carbocycles. The van der Waals surface area contributed by atoms with E-state index in [1.807, 2.05) is 42.2 Å². The molecule has 0 spiro atoms. The minimum absolute atomic E-state index is 0.110. The number of hydrogen-bond acceptors (Lipinski definition) is 3. The number of rotatable bonds is 4. The van der Waals surface area contributed by atoms with Crippen LogP contribution < -0.4 is 5.32 Å². The predicted octanol–water partition coefficient (Wildman–Crippen LogP) is 2.76. The number of nitrogens with zero attached hydrogens (tertiary/aromatic N) is 2. The Morgan fingerprint density at radius 3 is 2.95 bits per heavy atom. The van der Waals surface area contributed by atoms with E-state index in [0.717, 1.165) is 54.6 Å². The molecule has 1 aromatic carbocycles. The molecule has 4 heteroatoms. The molecule has 1 unspecified atom stereocenters. The van der Waals surface area contributed by atoms with Gasteiger partial charge in [-0.3, -0.25) is 9.78 Å². The minimum atomic E-state index is 0.110. The molecule has 1 fully saturated rings. The van der Waals surface area contributed by atoms with Gasteiger partial charge in [-0.1, -0.05) is 25.1 Å². The minimum Gasteiger partial charge on any atom is -0.334 e. The first-order valence-corrected chi connectivity index (χ1v) is 8.08. The summed E-state index contributed by atoms with van der Waals surface area (Å²) in [6.07, 6.45) is 2.00. The maximum atomic E-state index is 13.1. The highest BCUT2D eigenvalue weighted by molar-refractivity contribution is 6.05. The molecule has 1 aliphatic rings. The number of amides is 1. The summed E-state index contributed by atoms with van der Waals surface area (Å²) in [5, 5.41) is 4.38. The lowest BCUT2D eigenvalue weighted by Crippen LogP contribution is -2.42. The number of aromatic nitrogens is 1. The molecule has 3 rings (SSSR count). The number of pyridine rings is 1. The fourth-order valence-electron chi connectivity index (χ4n) is 3.17.